The average molecular weight is 614 g/mol. The summed E-state index contributed by atoms with van der Waals surface area (Å²) in [4.78, 5) is 0. The number of para-hydroxylation sites is 1. The zero-order valence-electron chi connectivity index (χ0n) is 26.6. The lowest BCUT2D eigenvalue weighted by Gasteiger charge is -2.39. The van der Waals surface area contributed by atoms with E-state index in [1.165, 1.54) is 77.3 Å². The fourth-order valence-electron chi connectivity index (χ4n) is 9.29. The lowest BCUT2D eigenvalue weighted by Crippen LogP contribution is -2.32. The zero-order chi connectivity index (χ0) is 31.6. The van der Waals surface area contributed by atoms with Gasteiger partial charge in [-0.2, -0.15) is 0 Å². The first kappa shape index (κ1) is 26.2. The van der Waals surface area contributed by atoms with Gasteiger partial charge in [-0.05, 0) is 75.4 Å². The number of hydrogen-bond donors (Lipinski definition) is 0. The van der Waals surface area contributed by atoms with Gasteiger partial charge in [-0.25, -0.2) is 0 Å². The molecule has 2 heteroatoms. The Balaban J connectivity index is 1.34. The number of fused-ring (bicyclic) bond motifs is 15. The minimum Gasteiger partial charge on any atom is -0.457 e. The van der Waals surface area contributed by atoms with Crippen molar-refractivity contribution in [1.82, 2.24) is 4.57 Å². The molecule has 0 N–H and O–H groups in total. The third-order valence-electron chi connectivity index (χ3n) is 11.3. The summed E-state index contributed by atoms with van der Waals surface area (Å²) >= 11 is 0. The van der Waals surface area contributed by atoms with E-state index in [0.29, 0.717) is 5.92 Å². The summed E-state index contributed by atoms with van der Waals surface area (Å²) in [6.45, 7) is 2.35. The summed E-state index contributed by atoms with van der Waals surface area (Å²) in [6.07, 6.45) is 5.79. The van der Waals surface area contributed by atoms with Crippen LogP contribution in [0.1, 0.15) is 52.6 Å². The SMILES string of the molecule is CC1CC=Cc2c1ccc1c2c2cc3c(cc2n1-c1cccc2ccccc12)Oc1ccccc1C31c2ccccc2-c2ccccc21. The molecule has 2 aliphatic carbocycles. The summed E-state index contributed by atoms with van der Waals surface area (Å²) in [5.74, 6) is 2.30. The second-order valence-corrected chi connectivity index (χ2v) is 13.6. The van der Waals surface area contributed by atoms with Crippen LogP contribution in [0.3, 0.4) is 0 Å². The van der Waals surface area contributed by atoms with Crippen molar-refractivity contribution in [1.29, 1.82) is 0 Å². The van der Waals surface area contributed by atoms with Gasteiger partial charge in [0.25, 0.3) is 0 Å². The van der Waals surface area contributed by atoms with Crippen LogP contribution >= 0.6 is 0 Å². The lowest BCUT2D eigenvalue weighted by molar-refractivity contribution is 0.437. The molecule has 8 aromatic rings. The molecule has 1 aromatic heterocycles. The van der Waals surface area contributed by atoms with Gasteiger partial charge < -0.3 is 9.30 Å². The molecule has 48 heavy (non-hydrogen) atoms. The maximum Gasteiger partial charge on any atom is 0.134 e. The maximum absolute atomic E-state index is 6.98. The van der Waals surface area contributed by atoms with E-state index >= 15 is 0 Å². The molecule has 0 radical (unpaired) electrons. The lowest BCUT2D eigenvalue weighted by atomic mass is 9.66. The largest absolute Gasteiger partial charge is 0.457 e. The maximum atomic E-state index is 6.98. The number of hydrogen-bond acceptors (Lipinski definition) is 1. The van der Waals surface area contributed by atoms with E-state index in [2.05, 4.69) is 163 Å². The van der Waals surface area contributed by atoms with Crippen LogP contribution in [-0.2, 0) is 5.41 Å². The van der Waals surface area contributed by atoms with Gasteiger partial charge in [0.15, 0.2) is 0 Å². The highest BCUT2D eigenvalue weighted by molar-refractivity contribution is 6.15. The highest BCUT2D eigenvalue weighted by Gasteiger charge is 2.51. The molecule has 11 rings (SSSR count). The number of benzene rings is 7. The van der Waals surface area contributed by atoms with Gasteiger partial charge >= 0.3 is 0 Å². The number of allylic oxidation sites excluding steroid dienone is 1. The highest BCUT2D eigenvalue weighted by Crippen LogP contribution is 2.62. The summed E-state index contributed by atoms with van der Waals surface area (Å²) in [5, 5.41) is 5.04. The van der Waals surface area contributed by atoms with Crippen LogP contribution in [0.4, 0.5) is 0 Å². The predicted octanol–water partition coefficient (Wildman–Crippen LogP) is 11.9. The molecule has 0 fully saturated rings. The van der Waals surface area contributed by atoms with Crippen molar-refractivity contribution in [3.05, 3.63) is 179 Å². The molecule has 226 valence electrons. The monoisotopic (exact) mass is 613 g/mol. The summed E-state index contributed by atoms with van der Waals surface area (Å²) < 4.78 is 9.46. The number of ether oxygens (including phenoxy) is 1. The molecule has 2 heterocycles. The van der Waals surface area contributed by atoms with E-state index in [1.807, 2.05) is 0 Å². The van der Waals surface area contributed by atoms with E-state index in [0.717, 1.165) is 23.4 Å². The van der Waals surface area contributed by atoms with Crippen LogP contribution in [0.25, 0.3) is 55.5 Å². The fourth-order valence-corrected chi connectivity index (χ4v) is 9.29. The molecule has 0 saturated carbocycles. The molecule has 1 aliphatic heterocycles. The Hall–Kier alpha value is -5.86. The highest BCUT2D eigenvalue weighted by atomic mass is 16.5. The number of nitrogens with zero attached hydrogens (tertiary/aromatic N) is 1. The van der Waals surface area contributed by atoms with Gasteiger partial charge in [-0.15, -0.1) is 0 Å². The molecule has 2 nitrogen and oxygen atoms in total. The normalized spacial score (nSPS) is 16.4. The second-order valence-electron chi connectivity index (χ2n) is 13.6. The van der Waals surface area contributed by atoms with Gasteiger partial charge in [-0.3, -0.25) is 0 Å². The molecular formula is C46H31NO. The second kappa shape index (κ2) is 9.36. The smallest absolute Gasteiger partial charge is 0.134 e. The Bertz CT molecular complexity index is 2660. The summed E-state index contributed by atoms with van der Waals surface area (Å²) in [6, 6.07) is 51.5. The average Bonchev–Trinajstić information content (AvgIpc) is 3.61. The van der Waals surface area contributed by atoms with Crippen LogP contribution < -0.4 is 4.74 Å². The van der Waals surface area contributed by atoms with Gasteiger partial charge in [0.2, 0.25) is 0 Å². The molecule has 0 amide bonds. The number of aromatic nitrogens is 1. The van der Waals surface area contributed by atoms with Crippen LogP contribution in [0.5, 0.6) is 11.5 Å². The van der Waals surface area contributed by atoms with Gasteiger partial charge in [0.1, 0.15) is 11.5 Å². The van der Waals surface area contributed by atoms with Crippen molar-refractivity contribution in [2.45, 2.75) is 24.7 Å². The zero-order valence-corrected chi connectivity index (χ0v) is 26.6. The Morgan fingerprint density at radius 1 is 0.604 bits per heavy atom. The van der Waals surface area contributed by atoms with Crippen LogP contribution in [-0.4, -0.2) is 4.57 Å². The summed E-state index contributed by atoms with van der Waals surface area (Å²) in [7, 11) is 0. The van der Waals surface area contributed by atoms with Crippen molar-refractivity contribution in [2.75, 3.05) is 0 Å². The quantitative estimate of drug-likeness (QED) is 0.180. The van der Waals surface area contributed by atoms with Crippen molar-refractivity contribution in [3.63, 3.8) is 0 Å². The van der Waals surface area contributed by atoms with Crippen molar-refractivity contribution >= 4 is 38.7 Å². The Morgan fingerprint density at radius 3 is 2.15 bits per heavy atom. The Labute approximate surface area is 279 Å². The first-order chi connectivity index (χ1) is 23.7. The molecule has 0 saturated heterocycles. The standard InChI is InChI=1S/C46H31NO/c1-28-12-10-18-34-30(28)24-25-41-45(34)35-26-39-44(27-42(35)47(41)40-22-11-14-29-13-2-3-15-31(29)40)48-43-23-9-8-21-38(43)46(39)36-19-6-4-16-32(36)33-17-5-7-20-37(33)46/h2-11,13-28H,12H2,1H3. The van der Waals surface area contributed by atoms with Gasteiger partial charge in [0, 0.05) is 33.4 Å². The first-order valence-electron chi connectivity index (χ1n) is 17.0. The van der Waals surface area contributed by atoms with E-state index in [9.17, 15) is 0 Å². The van der Waals surface area contributed by atoms with E-state index < -0.39 is 5.41 Å². The van der Waals surface area contributed by atoms with Crippen LogP contribution in [0, 0.1) is 0 Å². The van der Waals surface area contributed by atoms with E-state index in [4.69, 9.17) is 4.74 Å². The predicted molar refractivity (Wildman–Crippen MR) is 198 cm³/mol. The molecule has 3 aliphatic rings. The van der Waals surface area contributed by atoms with Crippen LogP contribution in [0.2, 0.25) is 0 Å². The van der Waals surface area contributed by atoms with Crippen molar-refractivity contribution in [3.8, 4) is 28.3 Å². The molecular weight excluding hydrogens is 583 g/mol. The van der Waals surface area contributed by atoms with E-state index in [1.54, 1.807) is 0 Å². The van der Waals surface area contributed by atoms with Gasteiger partial charge in [-0.1, -0.05) is 128 Å². The molecule has 1 spiro atoms. The topological polar surface area (TPSA) is 14.2 Å². The minimum atomic E-state index is -0.503. The Morgan fingerprint density at radius 2 is 1.31 bits per heavy atom. The third kappa shape index (κ3) is 3.18. The van der Waals surface area contributed by atoms with E-state index in [-0.39, 0.29) is 0 Å². The molecule has 7 aromatic carbocycles. The minimum absolute atomic E-state index is 0.470. The van der Waals surface area contributed by atoms with Crippen molar-refractivity contribution < 1.29 is 4.74 Å². The number of rotatable bonds is 1. The molecule has 1 atom stereocenters. The van der Waals surface area contributed by atoms with Crippen LogP contribution in [0.15, 0.2) is 146 Å². The summed E-state index contributed by atoms with van der Waals surface area (Å²) in [5.41, 5.74) is 13.4. The third-order valence-corrected chi connectivity index (χ3v) is 11.3. The molecule has 0 bridgehead atoms. The Kier molecular flexibility index (Phi) is 5.12. The fraction of sp³-hybridized carbons (Fsp3) is 0.0870. The van der Waals surface area contributed by atoms with Gasteiger partial charge in [0.05, 0.1) is 22.1 Å². The van der Waals surface area contributed by atoms with Crippen molar-refractivity contribution in [2.24, 2.45) is 0 Å². The first-order valence-corrected chi connectivity index (χ1v) is 17.0. The molecule has 1 unspecified atom stereocenters.